The predicted octanol–water partition coefficient (Wildman–Crippen LogP) is 4.88. The van der Waals surface area contributed by atoms with Crippen molar-refractivity contribution in [2.75, 3.05) is 11.4 Å². The molecule has 19 heavy (non-hydrogen) atoms. The van der Waals surface area contributed by atoms with E-state index >= 15 is 0 Å². The first-order valence-corrected chi connectivity index (χ1v) is 8.53. The molecule has 2 aliphatic rings. The fourth-order valence-electron chi connectivity index (χ4n) is 3.89. The number of hydrogen-bond acceptors (Lipinski definition) is 1. The molecule has 1 heterocycles. The summed E-state index contributed by atoms with van der Waals surface area (Å²) in [6, 6.07) is 6.02. The molecule has 1 aromatic carbocycles. The van der Waals surface area contributed by atoms with Crippen LogP contribution in [-0.2, 0) is 5.33 Å². The lowest BCUT2D eigenvalue weighted by Gasteiger charge is -2.32. The fourth-order valence-corrected chi connectivity index (χ4v) is 4.34. The standard InChI is InChI=1S/C16H21BrFN/c17-11-13-7-3-8-14(18)16(13)19-10-4-9-15(19)12-5-1-2-6-12/h3,7-8,12,15H,1-2,4-6,9-11H2. The van der Waals surface area contributed by atoms with Crippen molar-refractivity contribution in [3.63, 3.8) is 0 Å². The Bertz CT molecular complexity index is 442. The van der Waals surface area contributed by atoms with Crippen molar-refractivity contribution in [2.24, 2.45) is 5.92 Å². The van der Waals surface area contributed by atoms with Gasteiger partial charge in [-0.15, -0.1) is 0 Å². The number of rotatable bonds is 3. The van der Waals surface area contributed by atoms with Crippen molar-refractivity contribution in [2.45, 2.75) is 49.9 Å². The Morgan fingerprint density at radius 1 is 1.16 bits per heavy atom. The van der Waals surface area contributed by atoms with Crippen LogP contribution in [0.25, 0.3) is 0 Å². The molecular formula is C16H21BrFN. The Morgan fingerprint density at radius 2 is 1.95 bits per heavy atom. The van der Waals surface area contributed by atoms with Gasteiger partial charge in [-0.25, -0.2) is 4.39 Å². The topological polar surface area (TPSA) is 3.24 Å². The summed E-state index contributed by atoms with van der Waals surface area (Å²) in [6.07, 6.45) is 7.83. The van der Waals surface area contributed by atoms with Gasteiger partial charge in [0, 0.05) is 17.9 Å². The largest absolute Gasteiger partial charge is 0.366 e. The SMILES string of the molecule is Fc1cccc(CBr)c1N1CCCC1C1CCCC1. The summed E-state index contributed by atoms with van der Waals surface area (Å²) in [5.74, 6) is 0.729. The lowest BCUT2D eigenvalue weighted by molar-refractivity contribution is 0.427. The highest BCUT2D eigenvalue weighted by atomic mass is 79.9. The van der Waals surface area contributed by atoms with Crippen LogP contribution in [0.2, 0.25) is 0 Å². The first-order valence-electron chi connectivity index (χ1n) is 7.41. The molecule has 1 nitrogen and oxygen atoms in total. The highest BCUT2D eigenvalue weighted by Gasteiger charge is 2.35. The Balaban J connectivity index is 1.91. The number of nitrogens with zero attached hydrogens (tertiary/aromatic N) is 1. The molecular weight excluding hydrogens is 305 g/mol. The van der Waals surface area contributed by atoms with Gasteiger partial charge in [0.15, 0.2) is 0 Å². The predicted molar refractivity (Wildman–Crippen MR) is 81.4 cm³/mol. The molecule has 104 valence electrons. The van der Waals surface area contributed by atoms with E-state index in [0.717, 1.165) is 29.0 Å². The molecule has 3 heteroatoms. The summed E-state index contributed by atoms with van der Waals surface area (Å²) in [7, 11) is 0. The number of halogens is 2. The second-order valence-electron chi connectivity index (χ2n) is 5.83. The van der Waals surface area contributed by atoms with Gasteiger partial charge in [0.1, 0.15) is 5.82 Å². The summed E-state index contributed by atoms with van der Waals surface area (Å²) >= 11 is 3.50. The van der Waals surface area contributed by atoms with Crippen LogP contribution in [0, 0.1) is 11.7 Å². The molecule has 1 saturated heterocycles. The average Bonchev–Trinajstić information content (AvgIpc) is 3.08. The van der Waals surface area contributed by atoms with Gasteiger partial charge in [-0.3, -0.25) is 0 Å². The maximum absolute atomic E-state index is 14.3. The summed E-state index contributed by atoms with van der Waals surface area (Å²) < 4.78 is 14.3. The molecule has 1 aliphatic carbocycles. The van der Waals surface area contributed by atoms with E-state index in [0.29, 0.717) is 6.04 Å². The molecule has 0 amide bonds. The highest BCUT2D eigenvalue weighted by molar-refractivity contribution is 9.08. The average molecular weight is 326 g/mol. The van der Waals surface area contributed by atoms with Crippen LogP contribution in [0.3, 0.4) is 0 Å². The van der Waals surface area contributed by atoms with Crippen molar-refractivity contribution in [1.82, 2.24) is 0 Å². The Hall–Kier alpha value is -0.570. The van der Waals surface area contributed by atoms with Crippen molar-refractivity contribution in [3.8, 4) is 0 Å². The van der Waals surface area contributed by atoms with Crippen LogP contribution in [-0.4, -0.2) is 12.6 Å². The number of benzene rings is 1. The molecule has 1 aliphatic heterocycles. The van der Waals surface area contributed by atoms with E-state index in [9.17, 15) is 4.39 Å². The highest BCUT2D eigenvalue weighted by Crippen LogP contribution is 2.40. The maximum Gasteiger partial charge on any atom is 0.146 e. The zero-order chi connectivity index (χ0) is 13.2. The van der Waals surface area contributed by atoms with Crippen LogP contribution in [0.1, 0.15) is 44.1 Å². The summed E-state index contributed by atoms with van der Waals surface area (Å²) in [6.45, 7) is 1.02. The fraction of sp³-hybridized carbons (Fsp3) is 0.625. The lowest BCUT2D eigenvalue weighted by Crippen LogP contribution is -2.35. The van der Waals surface area contributed by atoms with Crippen LogP contribution in [0.15, 0.2) is 18.2 Å². The summed E-state index contributed by atoms with van der Waals surface area (Å²) in [5, 5.41) is 0.730. The quantitative estimate of drug-likeness (QED) is 0.716. The third kappa shape index (κ3) is 2.54. The second kappa shape index (κ2) is 5.82. The maximum atomic E-state index is 14.3. The molecule has 1 atom stereocenters. The summed E-state index contributed by atoms with van der Waals surface area (Å²) in [4.78, 5) is 2.36. The number of hydrogen-bond donors (Lipinski definition) is 0. The zero-order valence-electron chi connectivity index (χ0n) is 11.2. The van der Waals surface area contributed by atoms with Crippen LogP contribution < -0.4 is 4.90 Å². The van der Waals surface area contributed by atoms with Crippen molar-refractivity contribution >= 4 is 21.6 Å². The zero-order valence-corrected chi connectivity index (χ0v) is 12.8. The van der Waals surface area contributed by atoms with Gasteiger partial charge in [-0.2, -0.15) is 0 Å². The lowest BCUT2D eigenvalue weighted by atomic mass is 9.95. The number of alkyl halides is 1. The van der Waals surface area contributed by atoms with Crippen LogP contribution in [0.4, 0.5) is 10.1 Å². The molecule has 1 aromatic rings. The Kier molecular flexibility index (Phi) is 4.11. The first-order chi connectivity index (χ1) is 9.31. The van der Waals surface area contributed by atoms with Gasteiger partial charge in [0.05, 0.1) is 5.69 Å². The molecule has 1 saturated carbocycles. The molecule has 0 aromatic heterocycles. The molecule has 1 unspecified atom stereocenters. The van der Waals surface area contributed by atoms with Crippen molar-refractivity contribution in [1.29, 1.82) is 0 Å². The van der Waals surface area contributed by atoms with Gasteiger partial charge in [-0.05, 0) is 43.2 Å². The van der Waals surface area contributed by atoms with Crippen LogP contribution >= 0.6 is 15.9 Å². The van der Waals surface area contributed by atoms with E-state index in [4.69, 9.17) is 0 Å². The minimum absolute atomic E-state index is 0.0538. The minimum Gasteiger partial charge on any atom is -0.366 e. The molecule has 3 rings (SSSR count). The van der Waals surface area contributed by atoms with Gasteiger partial charge in [0.2, 0.25) is 0 Å². The molecule has 0 N–H and O–H groups in total. The van der Waals surface area contributed by atoms with E-state index < -0.39 is 0 Å². The molecule has 0 spiro atoms. The number of para-hydroxylation sites is 1. The van der Waals surface area contributed by atoms with Gasteiger partial charge in [0.25, 0.3) is 0 Å². The first kappa shape index (κ1) is 13.4. The monoisotopic (exact) mass is 325 g/mol. The van der Waals surface area contributed by atoms with E-state index in [-0.39, 0.29) is 5.82 Å². The van der Waals surface area contributed by atoms with Gasteiger partial charge >= 0.3 is 0 Å². The van der Waals surface area contributed by atoms with Gasteiger partial charge < -0.3 is 4.90 Å². The van der Waals surface area contributed by atoms with Crippen molar-refractivity contribution in [3.05, 3.63) is 29.6 Å². The summed E-state index contributed by atoms with van der Waals surface area (Å²) in [5.41, 5.74) is 1.94. The Labute approximate surface area is 123 Å². The van der Waals surface area contributed by atoms with Crippen LogP contribution in [0.5, 0.6) is 0 Å². The normalized spacial score (nSPS) is 24.3. The van der Waals surface area contributed by atoms with E-state index in [2.05, 4.69) is 20.8 Å². The molecule has 0 bridgehead atoms. The molecule has 0 radical (unpaired) electrons. The van der Waals surface area contributed by atoms with E-state index in [1.54, 1.807) is 6.07 Å². The van der Waals surface area contributed by atoms with Gasteiger partial charge in [-0.1, -0.05) is 40.9 Å². The number of anilines is 1. The molecule has 2 fully saturated rings. The second-order valence-corrected chi connectivity index (χ2v) is 6.39. The van der Waals surface area contributed by atoms with E-state index in [1.165, 1.54) is 38.5 Å². The third-order valence-electron chi connectivity index (χ3n) is 4.74. The minimum atomic E-state index is -0.0538. The third-order valence-corrected chi connectivity index (χ3v) is 5.35. The Morgan fingerprint density at radius 3 is 2.68 bits per heavy atom. The smallest absolute Gasteiger partial charge is 0.146 e. The van der Waals surface area contributed by atoms with E-state index in [1.807, 2.05) is 12.1 Å². The van der Waals surface area contributed by atoms with Crippen molar-refractivity contribution < 1.29 is 4.39 Å².